The fraction of sp³-hybridized carbons (Fsp3) is 0.263. The number of nitrogens with zero attached hydrogens (tertiary/aromatic N) is 1. The van der Waals surface area contributed by atoms with E-state index in [0.717, 1.165) is 11.3 Å². The predicted octanol–water partition coefficient (Wildman–Crippen LogP) is 3.06. The zero-order valence-corrected chi connectivity index (χ0v) is 15.0. The molecule has 2 rings (SSSR count). The summed E-state index contributed by atoms with van der Waals surface area (Å²) in [4.78, 5) is 25.4. The minimum atomic E-state index is -0.210. The van der Waals surface area contributed by atoms with Crippen molar-refractivity contribution in [3.8, 4) is 5.75 Å². The van der Waals surface area contributed by atoms with Gasteiger partial charge in [0.15, 0.2) is 0 Å². The first-order valence-electron chi connectivity index (χ1n) is 7.93. The summed E-state index contributed by atoms with van der Waals surface area (Å²) < 4.78 is 5.11. The lowest BCUT2D eigenvalue weighted by atomic mass is 10.1. The molecule has 25 heavy (non-hydrogen) atoms. The van der Waals surface area contributed by atoms with Crippen LogP contribution < -0.4 is 15.0 Å². The Bertz CT molecular complexity index is 714. The second-order valence-electron chi connectivity index (χ2n) is 5.53. The van der Waals surface area contributed by atoms with Gasteiger partial charge < -0.3 is 15.0 Å². The van der Waals surface area contributed by atoms with Crippen LogP contribution in [0.15, 0.2) is 48.5 Å². The van der Waals surface area contributed by atoms with Crippen LogP contribution in [0.2, 0.25) is 5.02 Å². The monoisotopic (exact) mass is 360 g/mol. The first-order valence-corrected chi connectivity index (χ1v) is 8.30. The number of rotatable bonds is 7. The van der Waals surface area contributed by atoms with E-state index in [1.165, 1.54) is 11.8 Å². The highest BCUT2D eigenvalue weighted by Gasteiger charge is 2.15. The Morgan fingerprint density at radius 2 is 1.72 bits per heavy atom. The summed E-state index contributed by atoms with van der Waals surface area (Å²) in [5.74, 6) is 0.388. The number of anilines is 1. The minimum absolute atomic E-state index is 0.0282. The SMILES string of the molecule is COc1ccc(CCNC(=O)CN(C(C)=O)c2ccc(Cl)cc2)cc1. The van der Waals surface area contributed by atoms with E-state index in [1.54, 1.807) is 31.4 Å². The molecule has 1 N–H and O–H groups in total. The normalized spacial score (nSPS) is 10.2. The lowest BCUT2D eigenvalue weighted by Crippen LogP contribution is -2.40. The van der Waals surface area contributed by atoms with Gasteiger partial charge in [0.25, 0.3) is 0 Å². The number of carbonyl (C=O) groups is 2. The smallest absolute Gasteiger partial charge is 0.240 e. The Morgan fingerprint density at radius 3 is 2.28 bits per heavy atom. The number of hydrogen-bond acceptors (Lipinski definition) is 3. The quantitative estimate of drug-likeness (QED) is 0.825. The lowest BCUT2D eigenvalue weighted by Gasteiger charge is -2.20. The molecule has 0 atom stereocenters. The van der Waals surface area contributed by atoms with Gasteiger partial charge in [-0.3, -0.25) is 9.59 Å². The van der Waals surface area contributed by atoms with Crippen molar-refractivity contribution in [1.82, 2.24) is 5.32 Å². The molecule has 0 unspecified atom stereocenters. The third kappa shape index (κ3) is 5.80. The van der Waals surface area contributed by atoms with Crippen LogP contribution in [-0.4, -0.2) is 32.0 Å². The fourth-order valence-electron chi connectivity index (χ4n) is 2.34. The van der Waals surface area contributed by atoms with Crippen LogP contribution >= 0.6 is 11.6 Å². The Morgan fingerprint density at radius 1 is 1.08 bits per heavy atom. The molecule has 0 fully saturated rings. The van der Waals surface area contributed by atoms with E-state index in [0.29, 0.717) is 23.7 Å². The van der Waals surface area contributed by atoms with Gasteiger partial charge >= 0.3 is 0 Å². The molecular formula is C19H21ClN2O3. The van der Waals surface area contributed by atoms with Gasteiger partial charge in [-0.2, -0.15) is 0 Å². The largest absolute Gasteiger partial charge is 0.497 e. The molecule has 0 bridgehead atoms. The average molecular weight is 361 g/mol. The van der Waals surface area contributed by atoms with E-state index in [-0.39, 0.29) is 18.4 Å². The van der Waals surface area contributed by atoms with Crippen LogP contribution in [0.4, 0.5) is 5.69 Å². The molecular weight excluding hydrogens is 340 g/mol. The van der Waals surface area contributed by atoms with Crippen molar-refractivity contribution in [2.75, 3.05) is 25.1 Å². The molecule has 6 heteroatoms. The highest BCUT2D eigenvalue weighted by atomic mass is 35.5. The first kappa shape index (κ1) is 18.8. The van der Waals surface area contributed by atoms with E-state index in [2.05, 4.69) is 5.32 Å². The van der Waals surface area contributed by atoms with Crippen LogP contribution in [-0.2, 0) is 16.0 Å². The lowest BCUT2D eigenvalue weighted by molar-refractivity contribution is -0.123. The molecule has 0 saturated heterocycles. The highest BCUT2D eigenvalue weighted by molar-refractivity contribution is 6.30. The van der Waals surface area contributed by atoms with Crippen LogP contribution in [0.25, 0.3) is 0 Å². The first-order chi connectivity index (χ1) is 12.0. The van der Waals surface area contributed by atoms with Gasteiger partial charge in [-0.15, -0.1) is 0 Å². The van der Waals surface area contributed by atoms with Crippen LogP contribution in [0, 0.1) is 0 Å². The van der Waals surface area contributed by atoms with Crippen LogP contribution in [0.5, 0.6) is 5.75 Å². The highest BCUT2D eigenvalue weighted by Crippen LogP contribution is 2.18. The van der Waals surface area contributed by atoms with Crippen LogP contribution in [0.1, 0.15) is 12.5 Å². The predicted molar refractivity (Wildman–Crippen MR) is 99.2 cm³/mol. The van der Waals surface area contributed by atoms with Crippen LogP contribution in [0.3, 0.4) is 0 Å². The number of nitrogens with one attached hydrogen (secondary N) is 1. The standard InChI is InChI=1S/C19H21ClN2O3/c1-14(23)22(17-7-5-16(20)6-8-17)13-19(24)21-12-11-15-3-9-18(25-2)10-4-15/h3-10H,11-13H2,1-2H3,(H,21,24). The average Bonchev–Trinajstić information content (AvgIpc) is 2.61. The Balaban J connectivity index is 1.86. The number of ether oxygens (including phenoxy) is 1. The molecule has 0 saturated carbocycles. The van der Waals surface area contributed by atoms with Gasteiger partial charge in [-0.05, 0) is 48.4 Å². The molecule has 0 radical (unpaired) electrons. The summed E-state index contributed by atoms with van der Waals surface area (Å²) >= 11 is 5.86. The van der Waals surface area contributed by atoms with Crippen molar-refractivity contribution in [2.24, 2.45) is 0 Å². The molecule has 2 amide bonds. The van der Waals surface area contributed by atoms with Gasteiger partial charge in [0.1, 0.15) is 12.3 Å². The summed E-state index contributed by atoms with van der Waals surface area (Å²) in [7, 11) is 1.62. The summed E-state index contributed by atoms with van der Waals surface area (Å²) in [6, 6.07) is 14.5. The molecule has 5 nitrogen and oxygen atoms in total. The molecule has 0 aliphatic heterocycles. The molecule has 0 aliphatic rings. The third-order valence-electron chi connectivity index (χ3n) is 3.72. The van der Waals surface area contributed by atoms with Crippen molar-refractivity contribution in [2.45, 2.75) is 13.3 Å². The van der Waals surface area contributed by atoms with Crippen molar-refractivity contribution >= 4 is 29.1 Å². The number of carbonyl (C=O) groups excluding carboxylic acids is 2. The van der Waals surface area contributed by atoms with E-state index < -0.39 is 0 Å². The second kappa shape index (κ2) is 9.08. The number of methoxy groups -OCH3 is 1. The number of benzene rings is 2. The van der Waals surface area contributed by atoms with Crippen molar-refractivity contribution in [1.29, 1.82) is 0 Å². The van der Waals surface area contributed by atoms with Gasteiger partial charge in [-0.1, -0.05) is 23.7 Å². The topological polar surface area (TPSA) is 58.6 Å². The summed E-state index contributed by atoms with van der Waals surface area (Å²) in [5, 5.41) is 3.42. The maximum absolute atomic E-state index is 12.1. The van der Waals surface area contributed by atoms with E-state index in [4.69, 9.17) is 16.3 Å². The number of halogens is 1. The van der Waals surface area contributed by atoms with E-state index >= 15 is 0 Å². The van der Waals surface area contributed by atoms with Crippen molar-refractivity contribution < 1.29 is 14.3 Å². The second-order valence-corrected chi connectivity index (χ2v) is 5.97. The van der Waals surface area contributed by atoms with Gasteiger partial charge in [0.2, 0.25) is 11.8 Å². The van der Waals surface area contributed by atoms with Gasteiger partial charge in [-0.25, -0.2) is 0 Å². The Labute approximate surface area is 152 Å². The van der Waals surface area contributed by atoms with Gasteiger partial charge in [0, 0.05) is 24.2 Å². The summed E-state index contributed by atoms with van der Waals surface area (Å²) in [5.41, 5.74) is 1.74. The zero-order valence-electron chi connectivity index (χ0n) is 14.3. The van der Waals surface area contributed by atoms with E-state index in [1.807, 2.05) is 24.3 Å². The molecule has 0 aliphatic carbocycles. The number of amides is 2. The van der Waals surface area contributed by atoms with Crippen molar-refractivity contribution in [3.05, 3.63) is 59.1 Å². The summed E-state index contributed by atoms with van der Waals surface area (Å²) in [6.45, 7) is 1.90. The Kier molecular flexibility index (Phi) is 6.83. The molecule has 0 aromatic heterocycles. The maximum atomic E-state index is 12.1. The molecule has 0 heterocycles. The minimum Gasteiger partial charge on any atom is -0.497 e. The third-order valence-corrected chi connectivity index (χ3v) is 3.97. The Hall–Kier alpha value is -2.53. The van der Waals surface area contributed by atoms with E-state index in [9.17, 15) is 9.59 Å². The number of hydrogen-bond donors (Lipinski definition) is 1. The fourth-order valence-corrected chi connectivity index (χ4v) is 2.47. The van der Waals surface area contributed by atoms with Gasteiger partial charge in [0.05, 0.1) is 7.11 Å². The summed E-state index contributed by atoms with van der Waals surface area (Å²) in [6.07, 6.45) is 0.705. The zero-order chi connectivity index (χ0) is 18.2. The molecule has 0 spiro atoms. The maximum Gasteiger partial charge on any atom is 0.240 e. The molecule has 132 valence electrons. The molecule has 2 aromatic carbocycles. The molecule has 2 aromatic rings. The van der Waals surface area contributed by atoms with Crippen molar-refractivity contribution in [3.63, 3.8) is 0 Å².